The van der Waals surface area contributed by atoms with Gasteiger partial charge in [0.05, 0.1) is 11.8 Å². The van der Waals surface area contributed by atoms with Crippen molar-refractivity contribution in [3.8, 4) is 0 Å². The van der Waals surface area contributed by atoms with Gasteiger partial charge in [-0.25, -0.2) is 0 Å². The van der Waals surface area contributed by atoms with Gasteiger partial charge >= 0.3 is 0 Å². The number of pyridine rings is 1. The first-order valence-electron chi connectivity index (χ1n) is 7.13. The Labute approximate surface area is 117 Å². The minimum absolute atomic E-state index is 0.0977. The van der Waals surface area contributed by atoms with Crippen molar-refractivity contribution >= 4 is 0 Å². The summed E-state index contributed by atoms with van der Waals surface area (Å²) in [6.07, 6.45) is 2.49. The number of nitrogens with one attached hydrogen (secondary N) is 1. The maximum atomic E-state index is 10.1. The molecule has 0 aliphatic heterocycles. The third kappa shape index (κ3) is 5.70. The van der Waals surface area contributed by atoms with Crippen LogP contribution in [0, 0.1) is 11.3 Å². The third-order valence-corrected chi connectivity index (χ3v) is 3.31. The van der Waals surface area contributed by atoms with Crippen LogP contribution in [-0.4, -0.2) is 22.7 Å². The molecule has 0 spiro atoms. The minimum Gasteiger partial charge on any atom is -0.391 e. The van der Waals surface area contributed by atoms with E-state index in [1.165, 1.54) is 0 Å². The van der Waals surface area contributed by atoms with Crippen LogP contribution in [0.3, 0.4) is 0 Å². The van der Waals surface area contributed by atoms with Crippen LogP contribution in [0.2, 0.25) is 0 Å². The minimum atomic E-state index is -0.356. The Morgan fingerprint density at radius 2 is 1.95 bits per heavy atom. The Kier molecular flexibility index (Phi) is 5.95. The molecule has 0 amide bonds. The van der Waals surface area contributed by atoms with Gasteiger partial charge in [0.2, 0.25) is 0 Å². The van der Waals surface area contributed by atoms with Gasteiger partial charge < -0.3 is 10.4 Å². The van der Waals surface area contributed by atoms with Crippen molar-refractivity contribution in [2.75, 3.05) is 6.54 Å². The van der Waals surface area contributed by atoms with Gasteiger partial charge in [0, 0.05) is 18.8 Å². The van der Waals surface area contributed by atoms with E-state index >= 15 is 0 Å². The number of aliphatic hydroxyl groups is 1. The zero-order chi connectivity index (χ0) is 14.5. The fourth-order valence-corrected chi connectivity index (χ4v) is 1.92. The van der Waals surface area contributed by atoms with Gasteiger partial charge in [-0.05, 0) is 29.9 Å². The lowest BCUT2D eigenvalue weighted by Gasteiger charge is -2.28. The third-order valence-electron chi connectivity index (χ3n) is 3.31. The largest absolute Gasteiger partial charge is 0.391 e. The van der Waals surface area contributed by atoms with Crippen LogP contribution >= 0.6 is 0 Å². The van der Waals surface area contributed by atoms with Crippen molar-refractivity contribution in [1.82, 2.24) is 10.3 Å². The molecule has 0 radical (unpaired) electrons. The summed E-state index contributed by atoms with van der Waals surface area (Å²) < 4.78 is 0. The molecule has 1 aromatic rings. The molecule has 0 saturated carbocycles. The van der Waals surface area contributed by atoms with Crippen LogP contribution in [0.1, 0.15) is 52.8 Å². The van der Waals surface area contributed by atoms with E-state index in [0.29, 0.717) is 12.5 Å². The maximum Gasteiger partial charge on any atom is 0.0712 e. The van der Waals surface area contributed by atoms with Gasteiger partial charge in [-0.1, -0.05) is 40.7 Å². The molecule has 1 heterocycles. The number of nitrogens with zero attached hydrogens (tertiary/aromatic N) is 1. The van der Waals surface area contributed by atoms with Crippen LogP contribution in [0.5, 0.6) is 0 Å². The molecule has 2 atom stereocenters. The lowest BCUT2D eigenvalue weighted by molar-refractivity contribution is 0.0595. The number of aliphatic hydroxyl groups excluding tert-OH is 1. The second kappa shape index (κ2) is 7.01. The summed E-state index contributed by atoms with van der Waals surface area (Å²) in [6.45, 7) is 11.2. The average molecular weight is 264 g/mol. The number of rotatable bonds is 6. The average Bonchev–Trinajstić information content (AvgIpc) is 2.33. The molecule has 0 fully saturated rings. The van der Waals surface area contributed by atoms with Crippen molar-refractivity contribution in [3.63, 3.8) is 0 Å². The molecular formula is C16H28N2O. The van der Waals surface area contributed by atoms with Crippen molar-refractivity contribution in [2.24, 2.45) is 11.3 Å². The SMILES string of the molecule is CC(C)CC(NCC(O)C(C)(C)C)c1ccccn1. The first kappa shape index (κ1) is 16.1. The molecule has 0 bridgehead atoms. The van der Waals surface area contributed by atoms with E-state index < -0.39 is 0 Å². The summed E-state index contributed by atoms with van der Waals surface area (Å²) in [6, 6.07) is 6.19. The molecule has 0 aromatic carbocycles. The van der Waals surface area contributed by atoms with E-state index in [-0.39, 0.29) is 17.6 Å². The molecule has 108 valence electrons. The standard InChI is InChI=1S/C16H28N2O/c1-12(2)10-14(13-8-6-7-9-17-13)18-11-15(19)16(3,4)5/h6-9,12,14-15,18-19H,10-11H2,1-5H3. The Balaban J connectivity index is 2.66. The van der Waals surface area contributed by atoms with Crippen molar-refractivity contribution in [2.45, 2.75) is 53.2 Å². The maximum absolute atomic E-state index is 10.1. The fourth-order valence-electron chi connectivity index (χ4n) is 1.92. The van der Waals surface area contributed by atoms with E-state index in [0.717, 1.165) is 12.1 Å². The predicted octanol–water partition coefficient (Wildman–Crippen LogP) is 3.17. The fraction of sp³-hybridized carbons (Fsp3) is 0.688. The van der Waals surface area contributed by atoms with Gasteiger partial charge in [0.1, 0.15) is 0 Å². The number of hydrogen-bond donors (Lipinski definition) is 2. The van der Waals surface area contributed by atoms with E-state index in [9.17, 15) is 5.11 Å². The van der Waals surface area contributed by atoms with Gasteiger partial charge in [-0.2, -0.15) is 0 Å². The van der Waals surface area contributed by atoms with Gasteiger partial charge in [0.25, 0.3) is 0 Å². The quantitative estimate of drug-likeness (QED) is 0.829. The summed E-state index contributed by atoms with van der Waals surface area (Å²) in [5.74, 6) is 0.589. The summed E-state index contributed by atoms with van der Waals surface area (Å²) in [5, 5.41) is 13.6. The Bertz CT molecular complexity index is 357. The van der Waals surface area contributed by atoms with Gasteiger partial charge in [0.15, 0.2) is 0 Å². The van der Waals surface area contributed by atoms with Crippen LogP contribution in [-0.2, 0) is 0 Å². The zero-order valence-electron chi connectivity index (χ0n) is 12.9. The smallest absolute Gasteiger partial charge is 0.0712 e. The summed E-state index contributed by atoms with van der Waals surface area (Å²) in [7, 11) is 0. The lowest BCUT2D eigenvalue weighted by atomic mass is 9.89. The van der Waals surface area contributed by atoms with Gasteiger partial charge in [-0.3, -0.25) is 4.98 Å². The van der Waals surface area contributed by atoms with E-state index in [1.54, 1.807) is 0 Å². The summed E-state index contributed by atoms with van der Waals surface area (Å²) >= 11 is 0. The topological polar surface area (TPSA) is 45.1 Å². The first-order valence-corrected chi connectivity index (χ1v) is 7.13. The molecule has 2 N–H and O–H groups in total. The van der Waals surface area contributed by atoms with E-state index in [2.05, 4.69) is 44.9 Å². The molecular weight excluding hydrogens is 236 g/mol. The molecule has 3 nitrogen and oxygen atoms in total. The van der Waals surface area contributed by atoms with E-state index in [1.807, 2.05) is 24.4 Å². The Hall–Kier alpha value is -0.930. The van der Waals surface area contributed by atoms with Crippen LogP contribution in [0.25, 0.3) is 0 Å². The highest BCUT2D eigenvalue weighted by Gasteiger charge is 2.23. The number of aromatic nitrogens is 1. The second-order valence-electron chi connectivity index (χ2n) is 6.73. The van der Waals surface area contributed by atoms with Crippen LogP contribution in [0.4, 0.5) is 0 Å². The highest BCUT2D eigenvalue weighted by molar-refractivity contribution is 5.08. The van der Waals surface area contributed by atoms with Crippen molar-refractivity contribution < 1.29 is 5.11 Å². The lowest BCUT2D eigenvalue weighted by Crippen LogP contribution is -2.38. The molecule has 1 rings (SSSR count). The Morgan fingerprint density at radius 1 is 1.26 bits per heavy atom. The normalized spacial score (nSPS) is 15.5. The first-order chi connectivity index (χ1) is 8.80. The molecule has 3 heteroatoms. The summed E-state index contributed by atoms with van der Waals surface area (Å²) in [5.41, 5.74) is 0.955. The molecule has 0 aliphatic rings. The van der Waals surface area contributed by atoms with Crippen LogP contribution in [0.15, 0.2) is 24.4 Å². The van der Waals surface area contributed by atoms with Crippen molar-refractivity contribution in [3.05, 3.63) is 30.1 Å². The molecule has 0 aliphatic carbocycles. The highest BCUT2D eigenvalue weighted by atomic mass is 16.3. The van der Waals surface area contributed by atoms with Gasteiger partial charge in [-0.15, -0.1) is 0 Å². The highest BCUT2D eigenvalue weighted by Crippen LogP contribution is 2.22. The zero-order valence-corrected chi connectivity index (χ0v) is 12.9. The molecule has 0 saturated heterocycles. The van der Waals surface area contributed by atoms with Crippen molar-refractivity contribution in [1.29, 1.82) is 0 Å². The second-order valence-corrected chi connectivity index (χ2v) is 6.73. The molecule has 19 heavy (non-hydrogen) atoms. The predicted molar refractivity (Wildman–Crippen MR) is 79.9 cm³/mol. The van der Waals surface area contributed by atoms with Crippen LogP contribution < -0.4 is 5.32 Å². The Morgan fingerprint density at radius 3 is 2.42 bits per heavy atom. The van der Waals surface area contributed by atoms with E-state index in [4.69, 9.17) is 0 Å². The summed E-state index contributed by atoms with van der Waals surface area (Å²) in [4.78, 5) is 4.43. The molecule has 2 unspecified atom stereocenters. The monoisotopic (exact) mass is 264 g/mol. The molecule has 1 aromatic heterocycles. The number of hydrogen-bond acceptors (Lipinski definition) is 3.